The number of anilines is 1. The van der Waals surface area contributed by atoms with Crippen LogP contribution in [0.1, 0.15) is 10.5 Å². The second-order valence-corrected chi connectivity index (χ2v) is 5.44. The molecule has 8 heteroatoms. The van der Waals surface area contributed by atoms with Crippen molar-refractivity contribution < 1.29 is 4.79 Å². The molecule has 7 nitrogen and oxygen atoms in total. The van der Waals surface area contributed by atoms with Crippen LogP contribution in [0.15, 0.2) is 61.3 Å². The van der Waals surface area contributed by atoms with Crippen molar-refractivity contribution in [1.29, 1.82) is 0 Å². The maximum atomic E-state index is 12.3. The van der Waals surface area contributed by atoms with Crippen molar-refractivity contribution in [2.24, 2.45) is 0 Å². The highest BCUT2D eigenvalue weighted by Crippen LogP contribution is 2.20. The number of amides is 1. The largest absolute Gasteiger partial charge is 0.318 e. The lowest BCUT2D eigenvalue weighted by molar-refractivity contribution is 0.102. The van der Waals surface area contributed by atoms with Gasteiger partial charge in [0.05, 0.1) is 28.8 Å². The summed E-state index contributed by atoms with van der Waals surface area (Å²) in [6, 6.07) is 9.10. The van der Waals surface area contributed by atoms with E-state index in [1.807, 2.05) is 18.2 Å². The molecular weight excluding hydrogens is 328 g/mol. The zero-order valence-corrected chi connectivity index (χ0v) is 13.1. The van der Waals surface area contributed by atoms with Gasteiger partial charge < -0.3 is 5.32 Å². The predicted octanol–water partition coefficient (Wildman–Crippen LogP) is 2.82. The summed E-state index contributed by atoms with van der Waals surface area (Å²) in [5, 5.41) is 7.55. The van der Waals surface area contributed by atoms with E-state index < -0.39 is 0 Å². The molecule has 24 heavy (non-hydrogen) atoms. The first kappa shape index (κ1) is 14.4. The maximum Gasteiger partial charge on any atom is 0.276 e. The van der Waals surface area contributed by atoms with Crippen molar-refractivity contribution in [3.63, 3.8) is 0 Å². The van der Waals surface area contributed by atoms with Crippen LogP contribution in [0.25, 0.3) is 11.5 Å². The fraction of sp³-hybridized carbons (Fsp3) is 0. The van der Waals surface area contributed by atoms with Crippen molar-refractivity contribution in [1.82, 2.24) is 24.1 Å². The van der Waals surface area contributed by atoms with Gasteiger partial charge in [-0.05, 0) is 18.2 Å². The number of para-hydroxylation sites is 1. The summed E-state index contributed by atoms with van der Waals surface area (Å²) in [6.07, 6.45) is 8.26. The molecule has 0 aliphatic heterocycles. The van der Waals surface area contributed by atoms with Gasteiger partial charge in [-0.15, -0.1) is 0 Å². The molecule has 1 amide bonds. The molecule has 1 N–H and O–H groups in total. The third-order valence-electron chi connectivity index (χ3n) is 3.41. The SMILES string of the molecule is O=C(Nc1cnn(-c2ccccc2Cl)c1)c1cn2cccnc2n1. The third-order valence-corrected chi connectivity index (χ3v) is 3.73. The first-order valence-corrected chi connectivity index (χ1v) is 7.49. The summed E-state index contributed by atoms with van der Waals surface area (Å²) in [7, 11) is 0. The number of carbonyl (C=O) groups excluding carboxylic acids is 1. The first-order valence-electron chi connectivity index (χ1n) is 7.11. The number of hydrogen-bond donors (Lipinski definition) is 1. The van der Waals surface area contributed by atoms with Gasteiger partial charge in [0.1, 0.15) is 5.69 Å². The number of imidazole rings is 1. The van der Waals surface area contributed by atoms with Crippen molar-refractivity contribution in [2.75, 3.05) is 5.32 Å². The highest BCUT2D eigenvalue weighted by molar-refractivity contribution is 6.32. The topological polar surface area (TPSA) is 77.1 Å². The van der Waals surface area contributed by atoms with Gasteiger partial charge in [-0.2, -0.15) is 5.10 Å². The molecule has 4 aromatic rings. The van der Waals surface area contributed by atoms with E-state index in [1.54, 1.807) is 52.2 Å². The number of halogens is 1. The average molecular weight is 339 g/mol. The van der Waals surface area contributed by atoms with Crippen LogP contribution in [0.5, 0.6) is 0 Å². The number of benzene rings is 1. The molecular formula is C16H11ClN6O. The molecule has 118 valence electrons. The van der Waals surface area contributed by atoms with Crippen LogP contribution >= 0.6 is 11.6 Å². The quantitative estimate of drug-likeness (QED) is 0.623. The van der Waals surface area contributed by atoms with Gasteiger partial charge in [0, 0.05) is 18.6 Å². The molecule has 0 saturated carbocycles. The minimum atomic E-state index is -0.334. The summed E-state index contributed by atoms with van der Waals surface area (Å²) >= 11 is 6.15. The fourth-order valence-corrected chi connectivity index (χ4v) is 2.51. The Morgan fingerprint density at radius 2 is 2.04 bits per heavy atom. The number of nitrogens with zero attached hydrogens (tertiary/aromatic N) is 5. The molecule has 0 atom stereocenters. The monoisotopic (exact) mass is 338 g/mol. The van der Waals surface area contributed by atoms with Gasteiger partial charge in [-0.25, -0.2) is 14.6 Å². The van der Waals surface area contributed by atoms with Crippen LogP contribution in [0.2, 0.25) is 5.02 Å². The highest BCUT2D eigenvalue weighted by Gasteiger charge is 2.13. The second-order valence-electron chi connectivity index (χ2n) is 5.03. The zero-order chi connectivity index (χ0) is 16.5. The molecule has 1 aromatic carbocycles. The maximum absolute atomic E-state index is 12.3. The Balaban J connectivity index is 1.57. The number of carbonyl (C=O) groups is 1. The summed E-state index contributed by atoms with van der Waals surface area (Å²) in [4.78, 5) is 20.6. The number of hydrogen-bond acceptors (Lipinski definition) is 4. The Morgan fingerprint density at radius 1 is 1.17 bits per heavy atom. The molecule has 0 unspecified atom stereocenters. The molecule has 0 aliphatic carbocycles. The standard InChI is InChI=1S/C16H11ClN6O/c17-12-4-1-2-5-14(12)23-9-11(8-19-23)20-15(24)13-10-22-7-3-6-18-16(22)21-13/h1-10H,(H,20,24). The molecule has 0 fully saturated rings. The molecule has 3 aromatic heterocycles. The molecule has 0 radical (unpaired) electrons. The van der Waals surface area contributed by atoms with Gasteiger partial charge in [0.15, 0.2) is 0 Å². The smallest absolute Gasteiger partial charge is 0.276 e. The molecule has 0 saturated heterocycles. The van der Waals surface area contributed by atoms with E-state index in [1.165, 1.54) is 0 Å². The summed E-state index contributed by atoms with van der Waals surface area (Å²) < 4.78 is 3.28. The van der Waals surface area contributed by atoms with E-state index in [0.717, 1.165) is 5.69 Å². The van der Waals surface area contributed by atoms with E-state index in [2.05, 4.69) is 20.4 Å². The van der Waals surface area contributed by atoms with E-state index in [9.17, 15) is 4.79 Å². The van der Waals surface area contributed by atoms with Crippen LogP contribution in [0, 0.1) is 0 Å². The van der Waals surface area contributed by atoms with Gasteiger partial charge in [0.2, 0.25) is 5.78 Å². The molecule has 0 bridgehead atoms. The van der Waals surface area contributed by atoms with Crippen molar-refractivity contribution in [3.05, 3.63) is 72.0 Å². The molecule has 4 rings (SSSR count). The van der Waals surface area contributed by atoms with Crippen LogP contribution in [-0.4, -0.2) is 30.1 Å². The minimum Gasteiger partial charge on any atom is -0.318 e. The molecule has 3 heterocycles. The summed E-state index contributed by atoms with van der Waals surface area (Å²) in [5.41, 5.74) is 1.56. The van der Waals surface area contributed by atoms with Crippen molar-refractivity contribution in [2.45, 2.75) is 0 Å². The van der Waals surface area contributed by atoms with Gasteiger partial charge in [-0.1, -0.05) is 23.7 Å². The van der Waals surface area contributed by atoms with Gasteiger partial charge in [0.25, 0.3) is 5.91 Å². The fourth-order valence-electron chi connectivity index (χ4n) is 2.29. The Bertz CT molecular complexity index is 1000. The number of rotatable bonds is 3. The Kier molecular flexibility index (Phi) is 3.47. The van der Waals surface area contributed by atoms with Crippen LogP contribution in [-0.2, 0) is 0 Å². The number of aromatic nitrogens is 5. The average Bonchev–Trinajstić information content (AvgIpc) is 3.22. The lowest BCUT2D eigenvalue weighted by Gasteiger charge is -2.03. The van der Waals surface area contributed by atoms with Gasteiger partial charge >= 0.3 is 0 Å². The van der Waals surface area contributed by atoms with Crippen molar-refractivity contribution in [3.8, 4) is 5.69 Å². The Hall–Kier alpha value is -3.19. The second kappa shape index (κ2) is 5.78. The third kappa shape index (κ3) is 2.61. The number of fused-ring (bicyclic) bond motifs is 1. The molecule has 0 aliphatic rings. The summed E-state index contributed by atoms with van der Waals surface area (Å²) in [6.45, 7) is 0. The van der Waals surface area contributed by atoms with E-state index in [4.69, 9.17) is 11.6 Å². The zero-order valence-electron chi connectivity index (χ0n) is 12.3. The van der Waals surface area contributed by atoms with Crippen LogP contribution in [0.3, 0.4) is 0 Å². The predicted molar refractivity (Wildman–Crippen MR) is 89.5 cm³/mol. The Labute approximate surface area is 141 Å². The minimum absolute atomic E-state index is 0.277. The van der Waals surface area contributed by atoms with E-state index in [0.29, 0.717) is 16.5 Å². The lowest BCUT2D eigenvalue weighted by Crippen LogP contribution is -2.11. The van der Waals surface area contributed by atoms with E-state index >= 15 is 0 Å². The van der Waals surface area contributed by atoms with Crippen molar-refractivity contribution >= 4 is 29.0 Å². The Morgan fingerprint density at radius 3 is 2.88 bits per heavy atom. The summed E-state index contributed by atoms with van der Waals surface area (Å²) in [5.74, 6) is 0.133. The normalized spacial score (nSPS) is 10.9. The highest BCUT2D eigenvalue weighted by atomic mass is 35.5. The number of nitrogens with one attached hydrogen (secondary N) is 1. The first-order chi connectivity index (χ1) is 11.7. The molecule has 0 spiro atoms. The lowest BCUT2D eigenvalue weighted by atomic mass is 10.3. The van der Waals surface area contributed by atoms with Gasteiger partial charge in [-0.3, -0.25) is 9.20 Å². The van der Waals surface area contributed by atoms with Crippen LogP contribution < -0.4 is 5.32 Å². The van der Waals surface area contributed by atoms with Crippen LogP contribution in [0.4, 0.5) is 5.69 Å². The van der Waals surface area contributed by atoms with E-state index in [-0.39, 0.29) is 11.6 Å².